The van der Waals surface area contributed by atoms with Crippen LogP contribution >= 0.6 is 0 Å². The van der Waals surface area contributed by atoms with Crippen molar-refractivity contribution in [3.8, 4) is 0 Å². The molecule has 2 rings (SSSR count). The third-order valence-electron chi connectivity index (χ3n) is 3.35. The SMILES string of the molecule is C/C=C/C(=O)OCC(=O)N[C@@H]1CCCc2ccccc21. The summed E-state index contributed by atoms with van der Waals surface area (Å²) in [7, 11) is 0. The highest BCUT2D eigenvalue weighted by Crippen LogP contribution is 2.29. The summed E-state index contributed by atoms with van der Waals surface area (Å²) in [6.45, 7) is 1.49. The number of benzene rings is 1. The average molecular weight is 273 g/mol. The van der Waals surface area contributed by atoms with Gasteiger partial charge >= 0.3 is 5.97 Å². The minimum atomic E-state index is -0.494. The van der Waals surface area contributed by atoms with Crippen LogP contribution in [0.5, 0.6) is 0 Å². The number of hydrogen-bond acceptors (Lipinski definition) is 3. The van der Waals surface area contributed by atoms with Crippen molar-refractivity contribution in [1.82, 2.24) is 5.32 Å². The number of fused-ring (bicyclic) bond motifs is 1. The summed E-state index contributed by atoms with van der Waals surface area (Å²) in [5.41, 5.74) is 2.46. The number of aryl methyl sites for hydroxylation is 1. The van der Waals surface area contributed by atoms with Crippen LogP contribution in [-0.4, -0.2) is 18.5 Å². The second-order valence-electron chi connectivity index (χ2n) is 4.82. The Balaban J connectivity index is 1.91. The molecule has 0 aromatic heterocycles. The van der Waals surface area contributed by atoms with Gasteiger partial charge in [0.1, 0.15) is 0 Å². The van der Waals surface area contributed by atoms with Crippen molar-refractivity contribution in [2.75, 3.05) is 6.61 Å². The molecular weight excluding hydrogens is 254 g/mol. The van der Waals surface area contributed by atoms with Gasteiger partial charge < -0.3 is 10.1 Å². The molecule has 0 radical (unpaired) electrons. The Bertz CT molecular complexity index is 522. The zero-order valence-corrected chi connectivity index (χ0v) is 11.6. The van der Waals surface area contributed by atoms with Gasteiger partial charge in [-0.2, -0.15) is 0 Å². The van der Waals surface area contributed by atoms with Crippen molar-refractivity contribution in [3.63, 3.8) is 0 Å². The fourth-order valence-corrected chi connectivity index (χ4v) is 2.46. The predicted octanol–water partition coefficient (Wildman–Crippen LogP) is 2.30. The summed E-state index contributed by atoms with van der Waals surface area (Å²) in [4.78, 5) is 23.0. The lowest BCUT2D eigenvalue weighted by molar-refractivity contribution is -0.144. The number of allylic oxidation sites excluding steroid dienone is 1. The highest BCUT2D eigenvalue weighted by Gasteiger charge is 2.21. The summed E-state index contributed by atoms with van der Waals surface area (Å²) in [5.74, 6) is -0.753. The van der Waals surface area contributed by atoms with Crippen LogP contribution in [0.2, 0.25) is 0 Å². The second kappa shape index (κ2) is 6.89. The van der Waals surface area contributed by atoms with Gasteiger partial charge in [0.25, 0.3) is 5.91 Å². The monoisotopic (exact) mass is 273 g/mol. The smallest absolute Gasteiger partial charge is 0.330 e. The van der Waals surface area contributed by atoms with Gasteiger partial charge in [0.2, 0.25) is 0 Å². The van der Waals surface area contributed by atoms with E-state index >= 15 is 0 Å². The molecule has 1 amide bonds. The van der Waals surface area contributed by atoms with Crippen LogP contribution in [0.3, 0.4) is 0 Å². The van der Waals surface area contributed by atoms with Crippen LogP contribution in [-0.2, 0) is 20.7 Å². The molecule has 0 aliphatic heterocycles. The van der Waals surface area contributed by atoms with E-state index in [9.17, 15) is 9.59 Å². The maximum Gasteiger partial charge on any atom is 0.330 e. The third kappa shape index (κ3) is 3.70. The van der Waals surface area contributed by atoms with Gasteiger partial charge in [-0.05, 0) is 37.3 Å². The topological polar surface area (TPSA) is 55.4 Å². The Kier molecular flexibility index (Phi) is 4.93. The highest BCUT2D eigenvalue weighted by atomic mass is 16.5. The van der Waals surface area contributed by atoms with E-state index in [0.29, 0.717) is 0 Å². The average Bonchev–Trinajstić information content (AvgIpc) is 2.46. The third-order valence-corrected chi connectivity index (χ3v) is 3.35. The number of hydrogen-bond donors (Lipinski definition) is 1. The largest absolute Gasteiger partial charge is 0.452 e. The van der Waals surface area contributed by atoms with Gasteiger partial charge in [-0.15, -0.1) is 0 Å². The van der Waals surface area contributed by atoms with Gasteiger partial charge in [0.05, 0.1) is 6.04 Å². The van der Waals surface area contributed by atoms with E-state index < -0.39 is 5.97 Å². The number of ether oxygens (including phenoxy) is 1. The Morgan fingerprint density at radius 1 is 1.40 bits per heavy atom. The van der Waals surface area contributed by atoms with Gasteiger partial charge in [-0.1, -0.05) is 30.3 Å². The quantitative estimate of drug-likeness (QED) is 0.676. The molecule has 1 aliphatic rings. The van der Waals surface area contributed by atoms with Crippen LogP contribution in [0.1, 0.15) is 36.9 Å². The lowest BCUT2D eigenvalue weighted by Crippen LogP contribution is -2.34. The molecule has 1 aromatic rings. The molecule has 1 atom stereocenters. The number of nitrogens with one attached hydrogen (secondary N) is 1. The van der Waals surface area contributed by atoms with E-state index in [1.54, 1.807) is 13.0 Å². The maximum atomic E-state index is 11.8. The van der Waals surface area contributed by atoms with E-state index in [2.05, 4.69) is 11.4 Å². The van der Waals surface area contributed by atoms with Gasteiger partial charge in [-0.3, -0.25) is 4.79 Å². The second-order valence-corrected chi connectivity index (χ2v) is 4.82. The Labute approximate surface area is 118 Å². The molecule has 0 bridgehead atoms. The number of amides is 1. The van der Waals surface area contributed by atoms with Gasteiger partial charge in [-0.25, -0.2) is 4.79 Å². The zero-order valence-electron chi connectivity index (χ0n) is 11.6. The molecule has 106 valence electrons. The molecule has 4 nitrogen and oxygen atoms in total. The Morgan fingerprint density at radius 2 is 2.20 bits per heavy atom. The normalized spacial score (nSPS) is 17.6. The lowest BCUT2D eigenvalue weighted by atomic mass is 9.88. The lowest BCUT2D eigenvalue weighted by Gasteiger charge is -2.26. The van der Waals surface area contributed by atoms with Crippen molar-refractivity contribution < 1.29 is 14.3 Å². The minimum absolute atomic E-state index is 0.0212. The van der Waals surface area contributed by atoms with E-state index in [4.69, 9.17) is 4.74 Å². The Morgan fingerprint density at radius 3 is 3.00 bits per heavy atom. The standard InChI is InChI=1S/C16H19NO3/c1-2-6-16(19)20-11-15(18)17-14-10-5-8-12-7-3-4-9-13(12)14/h2-4,6-7,9,14H,5,8,10-11H2,1H3,(H,17,18)/b6-2+/t14-/m1/s1. The van der Waals surface area contributed by atoms with Crippen molar-refractivity contribution in [2.45, 2.75) is 32.2 Å². The van der Waals surface area contributed by atoms with Crippen LogP contribution in [0.25, 0.3) is 0 Å². The molecule has 0 heterocycles. The molecule has 4 heteroatoms. The first-order valence-corrected chi connectivity index (χ1v) is 6.87. The van der Waals surface area contributed by atoms with Crippen molar-refractivity contribution in [3.05, 3.63) is 47.5 Å². The van der Waals surface area contributed by atoms with E-state index in [-0.39, 0.29) is 18.6 Å². The molecule has 1 aromatic carbocycles. The first-order chi connectivity index (χ1) is 9.70. The molecule has 0 saturated heterocycles. The van der Waals surface area contributed by atoms with Crippen LogP contribution in [0, 0.1) is 0 Å². The first-order valence-electron chi connectivity index (χ1n) is 6.87. The summed E-state index contributed by atoms with van der Waals surface area (Å²) < 4.78 is 4.84. The zero-order chi connectivity index (χ0) is 14.4. The van der Waals surface area contributed by atoms with Gasteiger partial charge in [0.15, 0.2) is 6.61 Å². The van der Waals surface area contributed by atoms with Gasteiger partial charge in [0, 0.05) is 6.08 Å². The number of carbonyl (C=O) groups is 2. The minimum Gasteiger partial charge on any atom is -0.452 e. The molecule has 20 heavy (non-hydrogen) atoms. The van der Waals surface area contributed by atoms with Crippen molar-refractivity contribution >= 4 is 11.9 Å². The molecule has 1 aliphatic carbocycles. The molecule has 0 fully saturated rings. The molecular formula is C16H19NO3. The maximum absolute atomic E-state index is 11.8. The fourth-order valence-electron chi connectivity index (χ4n) is 2.46. The summed E-state index contributed by atoms with van der Waals surface area (Å²) in [5, 5.41) is 2.93. The number of esters is 1. The van der Waals surface area contributed by atoms with Crippen molar-refractivity contribution in [1.29, 1.82) is 0 Å². The number of carbonyl (C=O) groups excluding carboxylic acids is 2. The molecule has 0 spiro atoms. The summed E-state index contributed by atoms with van der Waals surface area (Å²) in [6.07, 6.45) is 5.91. The van der Waals surface area contributed by atoms with Crippen LogP contribution in [0.4, 0.5) is 0 Å². The Hall–Kier alpha value is -2.10. The van der Waals surface area contributed by atoms with Crippen molar-refractivity contribution in [2.24, 2.45) is 0 Å². The molecule has 0 saturated carbocycles. The summed E-state index contributed by atoms with van der Waals surface area (Å²) >= 11 is 0. The van der Waals surface area contributed by atoms with Crippen LogP contribution < -0.4 is 5.32 Å². The first kappa shape index (κ1) is 14.3. The predicted molar refractivity (Wildman–Crippen MR) is 76.0 cm³/mol. The number of rotatable bonds is 4. The van der Waals surface area contributed by atoms with E-state index in [0.717, 1.165) is 19.3 Å². The molecule has 1 N–H and O–H groups in total. The van der Waals surface area contributed by atoms with Crippen LogP contribution in [0.15, 0.2) is 36.4 Å². The fraction of sp³-hybridized carbons (Fsp3) is 0.375. The van der Waals surface area contributed by atoms with E-state index in [1.807, 2.05) is 18.2 Å². The van der Waals surface area contributed by atoms with E-state index in [1.165, 1.54) is 17.2 Å². The highest BCUT2D eigenvalue weighted by molar-refractivity contribution is 5.85. The summed E-state index contributed by atoms with van der Waals surface area (Å²) in [6, 6.07) is 8.16. The molecule has 0 unspecified atom stereocenters.